The first-order valence-corrected chi connectivity index (χ1v) is 6.61. The summed E-state index contributed by atoms with van der Waals surface area (Å²) in [5.41, 5.74) is 2.41. The quantitative estimate of drug-likeness (QED) is 0.846. The first-order chi connectivity index (χ1) is 8.19. The van der Waals surface area contributed by atoms with Crippen molar-refractivity contribution in [3.63, 3.8) is 0 Å². The highest BCUT2D eigenvalue weighted by atomic mass is 19.1. The summed E-state index contributed by atoms with van der Waals surface area (Å²) in [6.07, 6.45) is 6.29. The first kappa shape index (κ1) is 12.6. The van der Waals surface area contributed by atoms with Crippen LogP contribution in [0, 0.1) is 18.7 Å². The molecule has 1 N–H and O–H groups in total. The zero-order valence-corrected chi connectivity index (χ0v) is 10.8. The van der Waals surface area contributed by atoms with Crippen molar-refractivity contribution in [1.82, 2.24) is 5.32 Å². The van der Waals surface area contributed by atoms with Crippen LogP contribution in [0.1, 0.15) is 36.8 Å². The summed E-state index contributed by atoms with van der Waals surface area (Å²) in [4.78, 5) is 0. The third-order valence-electron chi connectivity index (χ3n) is 4.00. The predicted octanol–water partition coefficient (Wildman–Crippen LogP) is 3.45. The van der Waals surface area contributed by atoms with Gasteiger partial charge in [0.1, 0.15) is 5.82 Å². The van der Waals surface area contributed by atoms with Crippen LogP contribution in [-0.2, 0) is 6.42 Å². The standard InChI is InChI=1S/C15H22FN/c1-11-8-14(16)7-6-13(11)9-12-4-3-5-15(10-12)17-2/h6-8,12,15,17H,3-5,9-10H2,1-2H3. The van der Waals surface area contributed by atoms with Gasteiger partial charge in [-0.3, -0.25) is 0 Å². The molecule has 1 aromatic carbocycles. The van der Waals surface area contributed by atoms with Crippen LogP contribution in [0.3, 0.4) is 0 Å². The van der Waals surface area contributed by atoms with E-state index in [0.29, 0.717) is 6.04 Å². The van der Waals surface area contributed by atoms with Gasteiger partial charge in [-0.2, -0.15) is 0 Å². The van der Waals surface area contributed by atoms with Gasteiger partial charge >= 0.3 is 0 Å². The number of hydrogen-bond acceptors (Lipinski definition) is 1. The summed E-state index contributed by atoms with van der Waals surface area (Å²) in [5.74, 6) is 0.633. The number of rotatable bonds is 3. The topological polar surface area (TPSA) is 12.0 Å². The second-order valence-corrected chi connectivity index (χ2v) is 5.29. The van der Waals surface area contributed by atoms with Crippen molar-refractivity contribution in [2.45, 2.75) is 45.1 Å². The highest BCUT2D eigenvalue weighted by Crippen LogP contribution is 2.28. The Morgan fingerprint density at radius 1 is 1.35 bits per heavy atom. The maximum absolute atomic E-state index is 13.0. The van der Waals surface area contributed by atoms with Gasteiger partial charge in [0, 0.05) is 6.04 Å². The van der Waals surface area contributed by atoms with E-state index in [1.165, 1.54) is 31.2 Å². The summed E-state index contributed by atoms with van der Waals surface area (Å²) in [6.45, 7) is 2.01. The molecule has 0 spiro atoms. The van der Waals surface area contributed by atoms with Crippen LogP contribution in [0.2, 0.25) is 0 Å². The van der Waals surface area contributed by atoms with Crippen molar-refractivity contribution in [3.8, 4) is 0 Å². The molecule has 2 unspecified atom stereocenters. The van der Waals surface area contributed by atoms with Gasteiger partial charge in [0.05, 0.1) is 0 Å². The molecule has 0 aromatic heterocycles. The molecule has 1 aliphatic rings. The second kappa shape index (κ2) is 5.63. The van der Waals surface area contributed by atoms with Gasteiger partial charge in [0.15, 0.2) is 0 Å². The minimum Gasteiger partial charge on any atom is -0.317 e. The van der Waals surface area contributed by atoms with Gasteiger partial charge in [0.2, 0.25) is 0 Å². The fourth-order valence-corrected chi connectivity index (χ4v) is 2.94. The van der Waals surface area contributed by atoms with E-state index in [1.807, 2.05) is 13.0 Å². The Balaban J connectivity index is 2.00. The van der Waals surface area contributed by atoms with E-state index in [1.54, 1.807) is 12.1 Å². The van der Waals surface area contributed by atoms with Gasteiger partial charge in [-0.1, -0.05) is 18.9 Å². The fourth-order valence-electron chi connectivity index (χ4n) is 2.94. The molecule has 1 aliphatic carbocycles. The third kappa shape index (κ3) is 3.29. The predicted molar refractivity (Wildman–Crippen MR) is 69.6 cm³/mol. The van der Waals surface area contributed by atoms with Crippen LogP contribution < -0.4 is 5.32 Å². The normalized spacial score (nSPS) is 24.9. The third-order valence-corrected chi connectivity index (χ3v) is 4.00. The summed E-state index contributed by atoms with van der Waals surface area (Å²) in [6, 6.07) is 5.86. The van der Waals surface area contributed by atoms with E-state index in [-0.39, 0.29) is 5.82 Å². The van der Waals surface area contributed by atoms with Gasteiger partial charge < -0.3 is 5.32 Å². The molecule has 94 valence electrons. The van der Waals surface area contributed by atoms with Crippen LogP contribution >= 0.6 is 0 Å². The lowest BCUT2D eigenvalue weighted by Crippen LogP contribution is -2.32. The Hall–Kier alpha value is -0.890. The zero-order valence-electron chi connectivity index (χ0n) is 10.8. The molecule has 2 heteroatoms. The highest BCUT2D eigenvalue weighted by Gasteiger charge is 2.21. The maximum atomic E-state index is 13.0. The van der Waals surface area contributed by atoms with Crippen LogP contribution in [0.4, 0.5) is 4.39 Å². The Kier molecular flexibility index (Phi) is 4.16. The monoisotopic (exact) mass is 235 g/mol. The second-order valence-electron chi connectivity index (χ2n) is 5.29. The molecule has 0 radical (unpaired) electrons. The van der Waals surface area contributed by atoms with Crippen molar-refractivity contribution in [2.24, 2.45) is 5.92 Å². The lowest BCUT2D eigenvalue weighted by Gasteiger charge is -2.29. The lowest BCUT2D eigenvalue weighted by molar-refractivity contribution is 0.294. The molecule has 0 amide bonds. The molecular formula is C15H22FN. The Morgan fingerprint density at radius 2 is 2.18 bits per heavy atom. The smallest absolute Gasteiger partial charge is 0.123 e. The number of benzene rings is 1. The number of aryl methyl sites for hydroxylation is 1. The average molecular weight is 235 g/mol. The van der Waals surface area contributed by atoms with E-state index in [2.05, 4.69) is 12.4 Å². The molecule has 0 saturated heterocycles. The Bertz CT molecular complexity index is 375. The molecule has 1 saturated carbocycles. The van der Waals surface area contributed by atoms with E-state index >= 15 is 0 Å². The van der Waals surface area contributed by atoms with Crippen LogP contribution in [0.25, 0.3) is 0 Å². The van der Waals surface area contributed by atoms with Gasteiger partial charge in [0.25, 0.3) is 0 Å². The molecular weight excluding hydrogens is 213 g/mol. The van der Waals surface area contributed by atoms with Crippen LogP contribution in [0.15, 0.2) is 18.2 Å². The minimum atomic E-state index is -0.122. The zero-order chi connectivity index (χ0) is 12.3. The van der Waals surface area contributed by atoms with E-state index in [0.717, 1.165) is 17.9 Å². The number of hydrogen-bond donors (Lipinski definition) is 1. The molecule has 0 bridgehead atoms. The summed E-state index contributed by atoms with van der Waals surface area (Å²) in [7, 11) is 2.05. The largest absolute Gasteiger partial charge is 0.317 e. The number of halogens is 1. The Labute approximate surface area is 103 Å². The molecule has 0 aliphatic heterocycles. The number of nitrogens with one attached hydrogen (secondary N) is 1. The highest BCUT2D eigenvalue weighted by molar-refractivity contribution is 5.27. The van der Waals surface area contributed by atoms with E-state index in [9.17, 15) is 4.39 Å². The first-order valence-electron chi connectivity index (χ1n) is 6.61. The van der Waals surface area contributed by atoms with Crippen LogP contribution in [-0.4, -0.2) is 13.1 Å². The van der Waals surface area contributed by atoms with E-state index in [4.69, 9.17) is 0 Å². The SMILES string of the molecule is CNC1CCCC(Cc2ccc(F)cc2C)C1. The van der Waals surface area contributed by atoms with Crippen molar-refractivity contribution in [3.05, 3.63) is 35.1 Å². The minimum absolute atomic E-state index is 0.122. The molecule has 2 atom stereocenters. The molecule has 1 fully saturated rings. The molecule has 2 rings (SSSR count). The van der Waals surface area contributed by atoms with E-state index < -0.39 is 0 Å². The fraction of sp³-hybridized carbons (Fsp3) is 0.600. The van der Waals surface area contributed by atoms with Crippen molar-refractivity contribution < 1.29 is 4.39 Å². The van der Waals surface area contributed by atoms with Gasteiger partial charge in [-0.05, 0) is 62.4 Å². The van der Waals surface area contributed by atoms with Gasteiger partial charge in [-0.25, -0.2) is 4.39 Å². The molecule has 1 aromatic rings. The van der Waals surface area contributed by atoms with Gasteiger partial charge in [-0.15, -0.1) is 0 Å². The molecule has 1 nitrogen and oxygen atoms in total. The lowest BCUT2D eigenvalue weighted by atomic mass is 9.81. The van der Waals surface area contributed by atoms with Crippen LogP contribution in [0.5, 0.6) is 0 Å². The molecule has 0 heterocycles. The molecule has 17 heavy (non-hydrogen) atoms. The Morgan fingerprint density at radius 3 is 2.88 bits per heavy atom. The van der Waals surface area contributed by atoms with Crippen molar-refractivity contribution >= 4 is 0 Å². The maximum Gasteiger partial charge on any atom is 0.123 e. The summed E-state index contributed by atoms with van der Waals surface area (Å²) in [5, 5.41) is 3.38. The average Bonchev–Trinajstić information content (AvgIpc) is 2.33. The van der Waals surface area contributed by atoms with Crippen molar-refractivity contribution in [2.75, 3.05) is 7.05 Å². The van der Waals surface area contributed by atoms with Crippen molar-refractivity contribution in [1.29, 1.82) is 0 Å². The summed E-state index contributed by atoms with van der Waals surface area (Å²) >= 11 is 0. The summed E-state index contributed by atoms with van der Waals surface area (Å²) < 4.78 is 13.0.